The Labute approximate surface area is 121 Å². The predicted molar refractivity (Wildman–Crippen MR) is 80.8 cm³/mol. The third kappa shape index (κ3) is 5.93. The molecule has 0 radical (unpaired) electrons. The normalized spacial score (nSPS) is 12.9. The van der Waals surface area contributed by atoms with E-state index in [1.807, 2.05) is 51.1 Å². The van der Waals surface area contributed by atoms with E-state index >= 15 is 0 Å². The molecule has 0 fully saturated rings. The molecule has 19 heavy (non-hydrogen) atoms. The summed E-state index contributed by atoms with van der Waals surface area (Å²) < 4.78 is 26.3. The smallest absolute Gasteiger partial charge is 0.212 e. The molecule has 1 aromatic rings. The molecular formula is C14H22ClNO2S. The molecule has 0 spiro atoms. The predicted octanol–water partition coefficient (Wildman–Crippen LogP) is 3.10. The molecule has 0 aromatic heterocycles. The maximum absolute atomic E-state index is 12.4. The summed E-state index contributed by atoms with van der Waals surface area (Å²) in [6.07, 6.45) is 0. The van der Waals surface area contributed by atoms with Crippen LogP contribution in [0.5, 0.6) is 0 Å². The van der Waals surface area contributed by atoms with Gasteiger partial charge in [-0.2, -0.15) is 4.31 Å². The maximum Gasteiger partial charge on any atom is 0.214 e. The van der Waals surface area contributed by atoms with Gasteiger partial charge >= 0.3 is 0 Å². The third-order valence-electron chi connectivity index (χ3n) is 2.54. The lowest BCUT2D eigenvalue weighted by Crippen LogP contribution is -2.37. The summed E-state index contributed by atoms with van der Waals surface area (Å²) in [5, 5.41) is 0. The zero-order valence-corrected chi connectivity index (χ0v) is 13.3. The van der Waals surface area contributed by atoms with E-state index in [1.54, 1.807) is 0 Å². The van der Waals surface area contributed by atoms with Crippen molar-refractivity contribution >= 4 is 21.6 Å². The number of halogens is 1. The minimum atomic E-state index is -3.29. The summed E-state index contributed by atoms with van der Waals surface area (Å²) in [4.78, 5) is 0. The number of benzene rings is 1. The summed E-state index contributed by atoms with van der Waals surface area (Å²) in [5.74, 6) is 0.430. The van der Waals surface area contributed by atoms with Crippen molar-refractivity contribution < 1.29 is 8.42 Å². The van der Waals surface area contributed by atoms with Crippen LogP contribution < -0.4 is 0 Å². The van der Waals surface area contributed by atoms with E-state index in [4.69, 9.17) is 11.6 Å². The van der Waals surface area contributed by atoms with Crippen LogP contribution in [0.4, 0.5) is 0 Å². The van der Waals surface area contributed by atoms with E-state index in [9.17, 15) is 8.42 Å². The zero-order valence-electron chi connectivity index (χ0n) is 11.8. The van der Waals surface area contributed by atoms with Gasteiger partial charge in [0.15, 0.2) is 0 Å². The lowest BCUT2D eigenvalue weighted by atomic mass is 10.0. The Balaban J connectivity index is 2.88. The first-order chi connectivity index (χ1) is 8.74. The van der Waals surface area contributed by atoms with E-state index in [2.05, 4.69) is 0 Å². The lowest BCUT2D eigenvalue weighted by molar-refractivity contribution is 0.396. The van der Waals surface area contributed by atoms with Crippen molar-refractivity contribution in [1.82, 2.24) is 4.31 Å². The van der Waals surface area contributed by atoms with Crippen molar-refractivity contribution in [2.75, 3.05) is 18.2 Å². The van der Waals surface area contributed by atoms with Crippen molar-refractivity contribution in [2.45, 2.75) is 27.3 Å². The van der Waals surface area contributed by atoms with Gasteiger partial charge in [-0.05, 0) is 11.0 Å². The molecule has 0 saturated carbocycles. The largest absolute Gasteiger partial charge is 0.214 e. The number of alkyl halides is 1. The Bertz CT molecular complexity index is 480. The molecule has 0 aliphatic carbocycles. The van der Waals surface area contributed by atoms with Gasteiger partial charge in [-0.15, -0.1) is 11.6 Å². The number of rotatable bonds is 6. The molecule has 0 amide bonds. The molecular weight excluding hydrogens is 282 g/mol. The van der Waals surface area contributed by atoms with Crippen LogP contribution in [0, 0.1) is 5.41 Å². The zero-order chi connectivity index (χ0) is 14.5. The van der Waals surface area contributed by atoms with Gasteiger partial charge in [0, 0.05) is 19.0 Å². The highest BCUT2D eigenvalue weighted by Crippen LogP contribution is 2.20. The highest BCUT2D eigenvalue weighted by molar-refractivity contribution is 7.89. The average molecular weight is 304 g/mol. The number of nitrogens with zero attached hydrogens (tertiary/aromatic N) is 1. The van der Waals surface area contributed by atoms with Crippen LogP contribution in [0.1, 0.15) is 26.3 Å². The maximum atomic E-state index is 12.4. The van der Waals surface area contributed by atoms with Gasteiger partial charge in [-0.1, -0.05) is 51.1 Å². The van der Waals surface area contributed by atoms with Crippen molar-refractivity contribution in [1.29, 1.82) is 0 Å². The summed E-state index contributed by atoms with van der Waals surface area (Å²) >= 11 is 5.73. The summed E-state index contributed by atoms with van der Waals surface area (Å²) in [6, 6.07) is 9.58. The van der Waals surface area contributed by atoms with Crippen LogP contribution in [-0.2, 0) is 16.6 Å². The first-order valence-corrected chi connectivity index (χ1v) is 8.47. The Morgan fingerprint density at radius 2 is 1.74 bits per heavy atom. The minimum absolute atomic E-state index is 0.129. The van der Waals surface area contributed by atoms with Crippen LogP contribution in [0.2, 0.25) is 0 Å². The Hall–Kier alpha value is -0.580. The van der Waals surface area contributed by atoms with Crippen molar-refractivity contribution in [3.63, 3.8) is 0 Å². The summed E-state index contributed by atoms with van der Waals surface area (Å²) in [5.41, 5.74) is 0.713. The third-order valence-corrected chi connectivity index (χ3v) is 5.04. The van der Waals surface area contributed by atoms with E-state index in [1.165, 1.54) is 4.31 Å². The van der Waals surface area contributed by atoms with Crippen LogP contribution in [0.3, 0.4) is 0 Å². The Morgan fingerprint density at radius 3 is 2.21 bits per heavy atom. The number of hydrogen-bond acceptors (Lipinski definition) is 2. The molecule has 5 heteroatoms. The second-order valence-electron chi connectivity index (χ2n) is 5.83. The van der Waals surface area contributed by atoms with E-state index < -0.39 is 10.0 Å². The molecule has 0 N–H and O–H groups in total. The molecule has 0 aliphatic heterocycles. The van der Waals surface area contributed by atoms with Gasteiger partial charge in [0.25, 0.3) is 0 Å². The molecule has 0 atom stereocenters. The van der Waals surface area contributed by atoms with Crippen molar-refractivity contribution in [3.8, 4) is 0 Å². The van der Waals surface area contributed by atoms with Gasteiger partial charge < -0.3 is 0 Å². The quantitative estimate of drug-likeness (QED) is 0.757. The molecule has 0 aliphatic rings. The summed E-state index contributed by atoms with van der Waals surface area (Å²) in [7, 11) is -3.29. The topological polar surface area (TPSA) is 37.4 Å². The number of hydrogen-bond donors (Lipinski definition) is 0. The second-order valence-corrected chi connectivity index (χ2v) is 8.17. The van der Waals surface area contributed by atoms with Crippen molar-refractivity contribution in [3.05, 3.63) is 35.9 Å². The van der Waals surface area contributed by atoms with Crippen LogP contribution in [0.25, 0.3) is 0 Å². The first kappa shape index (κ1) is 16.5. The highest BCUT2D eigenvalue weighted by atomic mass is 35.5. The number of sulfonamides is 1. The molecule has 0 heterocycles. The second kappa shape index (κ2) is 6.73. The SMILES string of the molecule is CC(C)(C)CS(=O)(=O)N(CCCl)Cc1ccccc1. The fraction of sp³-hybridized carbons (Fsp3) is 0.571. The van der Waals surface area contributed by atoms with Gasteiger partial charge in [-0.3, -0.25) is 0 Å². The van der Waals surface area contributed by atoms with Crippen LogP contribution in [-0.4, -0.2) is 30.9 Å². The molecule has 0 bridgehead atoms. The Morgan fingerprint density at radius 1 is 1.16 bits per heavy atom. The van der Waals surface area contributed by atoms with Gasteiger partial charge in [0.1, 0.15) is 0 Å². The minimum Gasteiger partial charge on any atom is -0.212 e. The standard InChI is InChI=1S/C14H22ClNO2S/c1-14(2,3)12-19(17,18)16(10-9-15)11-13-7-5-4-6-8-13/h4-8H,9-12H2,1-3H3. The molecule has 0 unspecified atom stereocenters. The summed E-state index contributed by atoms with van der Waals surface area (Å²) in [6.45, 7) is 6.49. The molecule has 0 saturated heterocycles. The van der Waals surface area contributed by atoms with Gasteiger partial charge in [0.2, 0.25) is 10.0 Å². The van der Waals surface area contributed by atoms with E-state index in [0.29, 0.717) is 19.0 Å². The monoisotopic (exact) mass is 303 g/mol. The fourth-order valence-corrected chi connectivity index (χ4v) is 4.13. The fourth-order valence-electron chi connectivity index (χ4n) is 1.84. The Kier molecular flexibility index (Phi) is 5.83. The lowest BCUT2D eigenvalue weighted by Gasteiger charge is -2.26. The molecule has 1 rings (SSSR count). The van der Waals surface area contributed by atoms with Crippen LogP contribution in [0.15, 0.2) is 30.3 Å². The molecule has 1 aromatic carbocycles. The molecule has 108 valence electrons. The van der Waals surface area contributed by atoms with Gasteiger partial charge in [0.05, 0.1) is 5.75 Å². The van der Waals surface area contributed by atoms with Crippen LogP contribution >= 0.6 is 11.6 Å². The van der Waals surface area contributed by atoms with Gasteiger partial charge in [-0.25, -0.2) is 8.42 Å². The van der Waals surface area contributed by atoms with E-state index in [-0.39, 0.29) is 11.2 Å². The molecule has 3 nitrogen and oxygen atoms in total. The van der Waals surface area contributed by atoms with E-state index in [0.717, 1.165) is 5.56 Å². The highest BCUT2D eigenvalue weighted by Gasteiger charge is 2.27. The van der Waals surface area contributed by atoms with Crippen molar-refractivity contribution in [2.24, 2.45) is 5.41 Å². The first-order valence-electron chi connectivity index (χ1n) is 6.32. The average Bonchev–Trinajstić information content (AvgIpc) is 2.26.